The summed E-state index contributed by atoms with van der Waals surface area (Å²) in [5.74, 6) is 0.750. The van der Waals surface area contributed by atoms with Crippen molar-refractivity contribution in [2.75, 3.05) is 0 Å². The lowest BCUT2D eigenvalue weighted by Crippen LogP contribution is -1.89. The average molecular weight is 391 g/mol. The first-order valence-electron chi connectivity index (χ1n) is 8.39. The molecular formula is C22H9N5OS. The van der Waals surface area contributed by atoms with Crippen LogP contribution in [0.5, 0.6) is 0 Å². The number of nitriles is 4. The van der Waals surface area contributed by atoms with Crippen molar-refractivity contribution in [3.05, 3.63) is 68.9 Å². The molecule has 1 aliphatic carbocycles. The number of fused-ring (bicyclic) bond motifs is 2. The van der Waals surface area contributed by atoms with Crippen molar-refractivity contribution in [3.8, 4) is 24.3 Å². The van der Waals surface area contributed by atoms with Gasteiger partial charge in [0.1, 0.15) is 46.2 Å². The van der Waals surface area contributed by atoms with E-state index in [0.29, 0.717) is 38.6 Å². The van der Waals surface area contributed by atoms with Crippen LogP contribution >= 0.6 is 11.3 Å². The summed E-state index contributed by atoms with van der Waals surface area (Å²) in [6, 6.07) is 16.7. The highest BCUT2D eigenvalue weighted by molar-refractivity contribution is 7.19. The predicted octanol–water partition coefficient (Wildman–Crippen LogP) is 4.90. The molecule has 3 aromatic rings. The second-order valence-corrected chi connectivity index (χ2v) is 7.19. The Bertz CT molecular complexity index is 1320. The minimum absolute atomic E-state index is 0.0926. The lowest BCUT2D eigenvalue weighted by Gasteiger charge is -2.04. The zero-order valence-corrected chi connectivity index (χ0v) is 15.8. The molecule has 4 rings (SSSR count). The Morgan fingerprint density at radius 1 is 0.966 bits per heavy atom. The van der Waals surface area contributed by atoms with Gasteiger partial charge in [-0.2, -0.15) is 21.0 Å². The number of hydrogen-bond donors (Lipinski definition) is 0. The van der Waals surface area contributed by atoms with Gasteiger partial charge in [-0.25, -0.2) is 4.98 Å². The summed E-state index contributed by atoms with van der Waals surface area (Å²) < 4.78 is 6.41. The highest BCUT2D eigenvalue weighted by atomic mass is 32.1. The topological polar surface area (TPSA) is 121 Å². The molecule has 134 valence electrons. The molecular weight excluding hydrogens is 382 g/mol. The fourth-order valence-electron chi connectivity index (χ4n) is 3.34. The molecule has 0 saturated carbocycles. The summed E-state index contributed by atoms with van der Waals surface area (Å²) in [6.45, 7) is 1.83. The molecule has 0 spiro atoms. The van der Waals surface area contributed by atoms with Gasteiger partial charge in [-0.05, 0) is 35.8 Å². The van der Waals surface area contributed by atoms with Crippen molar-refractivity contribution in [3.63, 3.8) is 0 Å². The van der Waals surface area contributed by atoms with Crippen LogP contribution in [0.15, 0.2) is 51.5 Å². The number of benzene rings is 1. The second kappa shape index (κ2) is 6.95. The van der Waals surface area contributed by atoms with Gasteiger partial charge in [-0.15, -0.1) is 11.3 Å². The van der Waals surface area contributed by atoms with E-state index in [1.165, 1.54) is 11.3 Å². The van der Waals surface area contributed by atoms with Gasteiger partial charge in [0, 0.05) is 11.1 Å². The molecule has 2 aromatic heterocycles. The third kappa shape index (κ3) is 2.80. The van der Waals surface area contributed by atoms with Gasteiger partial charge >= 0.3 is 0 Å². The number of aryl methyl sites for hydroxylation is 1. The van der Waals surface area contributed by atoms with E-state index < -0.39 is 0 Å². The minimum atomic E-state index is -0.0926. The van der Waals surface area contributed by atoms with E-state index in [0.717, 1.165) is 10.5 Å². The van der Waals surface area contributed by atoms with Gasteiger partial charge in [-0.3, -0.25) is 0 Å². The molecule has 0 saturated heterocycles. The molecule has 0 aliphatic heterocycles. The standard InChI is InChI=1S/C22H9N5OS/c1-12-6-18-22(28-12)27-19(29-18)7-17-20(13(8-23)9-24)15-4-2-3-5-16(15)21(17)14(10-25)11-26/h2-7H,1H3. The molecule has 0 atom stereocenters. The van der Waals surface area contributed by atoms with E-state index in [2.05, 4.69) is 4.98 Å². The van der Waals surface area contributed by atoms with Crippen LogP contribution in [0.2, 0.25) is 0 Å². The van der Waals surface area contributed by atoms with Crippen molar-refractivity contribution < 1.29 is 4.42 Å². The molecule has 0 fully saturated rings. The first kappa shape index (κ1) is 18.0. The highest BCUT2D eigenvalue weighted by Gasteiger charge is 2.32. The van der Waals surface area contributed by atoms with E-state index in [9.17, 15) is 21.0 Å². The summed E-state index contributed by atoms with van der Waals surface area (Å²) in [6.07, 6.45) is 1.70. The van der Waals surface area contributed by atoms with Crippen LogP contribution in [-0.4, -0.2) is 4.98 Å². The maximum atomic E-state index is 9.52. The van der Waals surface area contributed by atoms with Gasteiger partial charge in [-0.1, -0.05) is 24.3 Å². The third-order valence-electron chi connectivity index (χ3n) is 4.45. The normalized spacial score (nSPS) is 12.0. The fraction of sp³-hybridized carbons (Fsp3) is 0.0455. The van der Waals surface area contributed by atoms with Crippen molar-refractivity contribution in [2.24, 2.45) is 0 Å². The monoisotopic (exact) mass is 391 g/mol. The molecule has 2 heterocycles. The zero-order chi connectivity index (χ0) is 20.5. The van der Waals surface area contributed by atoms with E-state index in [1.807, 2.05) is 37.3 Å². The Labute approximate surface area is 169 Å². The Balaban J connectivity index is 2.09. The lowest BCUT2D eigenvalue weighted by atomic mass is 9.96. The largest absolute Gasteiger partial charge is 0.442 e. The molecule has 6 nitrogen and oxygen atoms in total. The summed E-state index contributed by atoms with van der Waals surface area (Å²) >= 11 is 1.38. The SMILES string of the molecule is Cc1cc2sc(C=C3C(=C(C#N)C#N)c4ccccc4C3=C(C#N)C#N)nc2o1. The number of allylic oxidation sites excluding steroid dienone is 5. The second-order valence-electron chi connectivity index (χ2n) is 6.13. The molecule has 7 heteroatoms. The lowest BCUT2D eigenvalue weighted by molar-refractivity contribution is 0.568. The molecule has 0 N–H and O–H groups in total. The van der Waals surface area contributed by atoms with Crippen LogP contribution in [0, 0.1) is 52.2 Å². The van der Waals surface area contributed by atoms with Gasteiger partial charge < -0.3 is 4.42 Å². The third-order valence-corrected chi connectivity index (χ3v) is 5.38. The summed E-state index contributed by atoms with van der Waals surface area (Å²) in [5, 5.41) is 38.6. The Morgan fingerprint density at radius 2 is 1.52 bits per heavy atom. The van der Waals surface area contributed by atoms with Crippen LogP contribution < -0.4 is 0 Å². The Morgan fingerprint density at radius 3 is 2.00 bits per heavy atom. The first-order valence-corrected chi connectivity index (χ1v) is 9.21. The summed E-state index contributed by atoms with van der Waals surface area (Å²) in [7, 11) is 0. The van der Waals surface area contributed by atoms with Crippen LogP contribution in [0.25, 0.3) is 27.6 Å². The molecule has 1 aliphatic rings. The van der Waals surface area contributed by atoms with Crippen LogP contribution in [-0.2, 0) is 0 Å². The molecule has 29 heavy (non-hydrogen) atoms. The fourth-order valence-corrected chi connectivity index (χ4v) is 4.27. The molecule has 0 unspecified atom stereocenters. The van der Waals surface area contributed by atoms with Gasteiger partial charge in [0.05, 0.1) is 4.70 Å². The van der Waals surface area contributed by atoms with Crippen molar-refractivity contribution in [2.45, 2.75) is 6.92 Å². The number of aromatic nitrogens is 1. The number of furan rings is 1. The first-order chi connectivity index (χ1) is 14.1. The van der Waals surface area contributed by atoms with Gasteiger partial charge in [0.25, 0.3) is 0 Å². The number of rotatable bonds is 1. The smallest absolute Gasteiger partial charge is 0.237 e. The quantitative estimate of drug-likeness (QED) is 0.544. The summed E-state index contributed by atoms with van der Waals surface area (Å²) in [5.41, 5.74) is 2.81. The van der Waals surface area contributed by atoms with Gasteiger partial charge in [0.15, 0.2) is 0 Å². The maximum Gasteiger partial charge on any atom is 0.237 e. The summed E-state index contributed by atoms with van der Waals surface area (Å²) in [4.78, 5) is 4.45. The van der Waals surface area contributed by atoms with Crippen molar-refractivity contribution >= 4 is 39.0 Å². The highest BCUT2D eigenvalue weighted by Crippen LogP contribution is 2.48. The van der Waals surface area contributed by atoms with Crippen molar-refractivity contribution in [1.82, 2.24) is 4.98 Å². The molecule has 0 bridgehead atoms. The maximum absolute atomic E-state index is 9.52. The van der Waals surface area contributed by atoms with E-state index in [1.54, 1.807) is 30.3 Å². The Kier molecular flexibility index (Phi) is 4.30. The molecule has 0 amide bonds. The Hall–Kier alpha value is -4.43. The molecule has 1 aromatic carbocycles. The zero-order valence-electron chi connectivity index (χ0n) is 15.0. The van der Waals surface area contributed by atoms with E-state index >= 15 is 0 Å². The number of hydrogen-bond acceptors (Lipinski definition) is 7. The van der Waals surface area contributed by atoms with Crippen molar-refractivity contribution in [1.29, 1.82) is 21.0 Å². The van der Waals surface area contributed by atoms with E-state index in [4.69, 9.17) is 4.42 Å². The van der Waals surface area contributed by atoms with Crippen LogP contribution in [0.4, 0.5) is 0 Å². The number of thiazole rings is 1. The van der Waals surface area contributed by atoms with E-state index in [-0.39, 0.29) is 11.1 Å². The minimum Gasteiger partial charge on any atom is -0.442 e. The number of nitrogens with zero attached hydrogens (tertiary/aromatic N) is 5. The van der Waals surface area contributed by atoms with Crippen LogP contribution in [0.1, 0.15) is 21.9 Å². The van der Waals surface area contributed by atoms with Gasteiger partial charge in [0.2, 0.25) is 5.71 Å². The predicted molar refractivity (Wildman–Crippen MR) is 107 cm³/mol. The van der Waals surface area contributed by atoms with Crippen LogP contribution in [0.3, 0.4) is 0 Å². The molecule has 0 radical (unpaired) electrons. The average Bonchev–Trinajstić information content (AvgIpc) is 3.35.